The van der Waals surface area contributed by atoms with Gasteiger partial charge < -0.3 is 15.5 Å². The van der Waals surface area contributed by atoms with Crippen molar-refractivity contribution in [1.29, 1.82) is 0 Å². The molecule has 5 heterocycles. The van der Waals surface area contributed by atoms with E-state index in [-0.39, 0.29) is 0 Å². The smallest absolute Gasteiger partial charge is 0.162 e. The number of fused-ring (bicyclic) bond motifs is 3. The second-order valence-electron chi connectivity index (χ2n) is 7.83. The van der Waals surface area contributed by atoms with E-state index in [1.54, 1.807) is 6.20 Å². The third-order valence-corrected chi connectivity index (χ3v) is 5.87. The van der Waals surface area contributed by atoms with E-state index >= 15 is 0 Å². The summed E-state index contributed by atoms with van der Waals surface area (Å²) in [6.45, 7) is 1.99. The number of hydrogen-bond acceptors (Lipinski definition) is 7. The summed E-state index contributed by atoms with van der Waals surface area (Å²) in [5.74, 6) is 2.46. The molecule has 0 saturated carbocycles. The van der Waals surface area contributed by atoms with Crippen molar-refractivity contribution in [3.8, 4) is 11.4 Å². The quantitative estimate of drug-likeness (QED) is 0.548. The summed E-state index contributed by atoms with van der Waals surface area (Å²) in [6.07, 6.45) is 6.60. The molecule has 2 aliphatic heterocycles. The first-order valence-corrected chi connectivity index (χ1v) is 10.2. The van der Waals surface area contributed by atoms with E-state index in [1.165, 1.54) is 6.42 Å². The number of rotatable bonds is 4. The molecule has 2 fully saturated rings. The number of hydrogen-bond donors (Lipinski definition) is 2. The van der Waals surface area contributed by atoms with Gasteiger partial charge in [0.2, 0.25) is 0 Å². The molecule has 0 spiro atoms. The highest BCUT2D eigenvalue weighted by molar-refractivity contribution is 5.91. The standard InChI is InChI=1S/C23H21N7/c1-2-4-16(5-3-1)27-21-10-15(6-9-25-21)22-28-20-13-24-8-7-19(20)23(29-22)30-14-17-11-18(30)12-26-17/h1-10,13,17-18,26H,11-12,14H2,(H,25,27)/t17-,18-/m0/s1. The normalized spacial score (nSPS) is 20.1. The molecule has 2 aliphatic rings. The Kier molecular flexibility index (Phi) is 4.06. The Morgan fingerprint density at radius 3 is 2.80 bits per heavy atom. The average molecular weight is 395 g/mol. The highest BCUT2D eigenvalue weighted by Gasteiger charge is 2.39. The molecule has 7 nitrogen and oxygen atoms in total. The summed E-state index contributed by atoms with van der Waals surface area (Å²) in [4.78, 5) is 21.0. The zero-order valence-corrected chi connectivity index (χ0v) is 16.4. The summed E-state index contributed by atoms with van der Waals surface area (Å²) in [5.41, 5.74) is 2.78. The van der Waals surface area contributed by atoms with Crippen molar-refractivity contribution in [3.63, 3.8) is 0 Å². The highest BCUT2D eigenvalue weighted by Crippen LogP contribution is 2.34. The first-order valence-electron chi connectivity index (χ1n) is 10.2. The van der Waals surface area contributed by atoms with E-state index in [1.807, 2.05) is 60.9 Å². The fourth-order valence-electron chi connectivity index (χ4n) is 4.44. The Hall–Kier alpha value is -3.58. The summed E-state index contributed by atoms with van der Waals surface area (Å²) in [5, 5.41) is 7.97. The SMILES string of the molecule is c1ccc(Nc2cc(-c3nc(N4C[C@@H]5C[C@H]4CN5)c4ccncc4n3)ccn2)cc1. The minimum absolute atomic E-state index is 0.488. The molecule has 4 aromatic rings. The van der Waals surface area contributed by atoms with Crippen molar-refractivity contribution >= 4 is 28.2 Å². The monoisotopic (exact) mass is 395 g/mol. The molecule has 2 saturated heterocycles. The van der Waals surface area contributed by atoms with Crippen LogP contribution in [0.2, 0.25) is 0 Å². The summed E-state index contributed by atoms with van der Waals surface area (Å²) in [6, 6.07) is 17.0. The maximum atomic E-state index is 5.02. The van der Waals surface area contributed by atoms with Gasteiger partial charge in [0.15, 0.2) is 5.82 Å². The first-order chi connectivity index (χ1) is 14.8. The molecule has 7 heteroatoms. The lowest BCUT2D eigenvalue weighted by molar-refractivity contribution is 0.577. The van der Waals surface area contributed by atoms with Crippen LogP contribution in [0.3, 0.4) is 0 Å². The van der Waals surface area contributed by atoms with E-state index < -0.39 is 0 Å². The van der Waals surface area contributed by atoms with E-state index in [2.05, 4.69) is 25.5 Å². The zero-order chi connectivity index (χ0) is 19.9. The van der Waals surface area contributed by atoms with Crippen molar-refractivity contribution in [2.45, 2.75) is 18.5 Å². The van der Waals surface area contributed by atoms with Crippen LogP contribution in [-0.4, -0.2) is 45.1 Å². The molecule has 148 valence electrons. The zero-order valence-electron chi connectivity index (χ0n) is 16.4. The number of nitrogens with one attached hydrogen (secondary N) is 2. The third-order valence-electron chi connectivity index (χ3n) is 5.87. The van der Waals surface area contributed by atoms with Crippen LogP contribution in [0, 0.1) is 0 Å². The summed E-state index contributed by atoms with van der Waals surface area (Å²) in [7, 11) is 0. The van der Waals surface area contributed by atoms with Crippen LogP contribution in [-0.2, 0) is 0 Å². The molecule has 2 atom stereocenters. The second kappa shape index (κ2) is 7.03. The molecule has 3 aromatic heterocycles. The van der Waals surface area contributed by atoms with Gasteiger partial charge in [-0.2, -0.15) is 0 Å². The lowest BCUT2D eigenvalue weighted by Crippen LogP contribution is -2.44. The summed E-state index contributed by atoms with van der Waals surface area (Å²) < 4.78 is 0. The van der Waals surface area contributed by atoms with Crippen molar-refractivity contribution < 1.29 is 0 Å². The number of benzene rings is 1. The van der Waals surface area contributed by atoms with Crippen LogP contribution in [0.15, 0.2) is 67.1 Å². The van der Waals surface area contributed by atoms with Crippen LogP contribution < -0.4 is 15.5 Å². The number of para-hydroxylation sites is 1. The fourth-order valence-corrected chi connectivity index (χ4v) is 4.44. The number of piperazine rings is 1. The molecule has 2 bridgehead atoms. The topological polar surface area (TPSA) is 78.9 Å². The van der Waals surface area contributed by atoms with Crippen molar-refractivity contribution in [2.75, 3.05) is 23.3 Å². The lowest BCUT2D eigenvalue weighted by Gasteiger charge is -2.29. The van der Waals surface area contributed by atoms with Gasteiger partial charge in [-0.1, -0.05) is 18.2 Å². The Labute approximate surface area is 174 Å². The maximum absolute atomic E-state index is 5.02. The number of anilines is 3. The predicted molar refractivity (Wildman–Crippen MR) is 118 cm³/mol. The molecule has 2 N–H and O–H groups in total. The van der Waals surface area contributed by atoms with Gasteiger partial charge in [0.1, 0.15) is 11.6 Å². The molecular formula is C23H21N7. The Morgan fingerprint density at radius 2 is 1.97 bits per heavy atom. The van der Waals surface area contributed by atoms with Gasteiger partial charge in [-0.3, -0.25) is 4.98 Å². The molecule has 1 aromatic carbocycles. The van der Waals surface area contributed by atoms with Gasteiger partial charge >= 0.3 is 0 Å². The molecular weight excluding hydrogens is 374 g/mol. The molecule has 30 heavy (non-hydrogen) atoms. The summed E-state index contributed by atoms with van der Waals surface area (Å²) >= 11 is 0. The van der Waals surface area contributed by atoms with E-state index in [9.17, 15) is 0 Å². The van der Waals surface area contributed by atoms with Gasteiger partial charge in [-0.05, 0) is 36.8 Å². The minimum Gasteiger partial charge on any atom is -0.350 e. The Bertz CT molecular complexity index is 1210. The fraction of sp³-hybridized carbons (Fsp3) is 0.217. The van der Waals surface area contributed by atoms with Crippen LogP contribution in [0.25, 0.3) is 22.3 Å². The molecule has 0 aliphatic carbocycles. The Morgan fingerprint density at radius 1 is 1.03 bits per heavy atom. The average Bonchev–Trinajstić information content (AvgIpc) is 3.43. The molecule has 6 rings (SSSR count). The number of aromatic nitrogens is 4. The molecule has 0 unspecified atom stereocenters. The molecule has 0 amide bonds. The minimum atomic E-state index is 0.488. The van der Waals surface area contributed by atoms with Gasteiger partial charge in [0.05, 0.1) is 11.7 Å². The van der Waals surface area contributed by atoms with Gasteiger partial charge in [0, 0.05) is 54.2 Å². The third kappa shape index (κ3) is 3.04. The first kappa shape index (κ1) is 17.3. The van der Waals surface area contributed by atoms with E-state index in [4.69, 9.17) is 9.97 Å². The van der Waals surface area contributed by atoms with Crippen molar-refractivity contribution in [2.24, 2.45) is 0 Å². The maximum Gasteiger partial charge on any atom is 0.162 e. The van der Waals surface area contributed by atoms with E-state index in [0.717, 1.165) is 46.9 Å². The van der Waals surface area contributed by atoms with Crippen LogP contribution >= 0.6 is 0 Å². The second-order valence-corrected chi connectivity index (χ2v) is 7.83. The number of pyridine rings is 2. The van der Waals surface area contributed by atoms with Crippen LogP contribution in [0.1, 0.15) is 6.42 Å². The van der Waals surface area contributed by atoms with Crippen LogP contribution in [0.4, 0.5) is 17.3 Å². The van der Waals surface area contributed by atoms with Crippen molar-refractivity contribution in [1.82, 2.24) is 25.3 Å². The predicted octanol–water partition coefficient (Wildman–Crippen LogP) is 3.38. The lowest BCUT2D eigenvalue weighted by atomic mass is 10.2. The Balaban J connectivity index is 1.42. The van der Waals surface area contributed by atoms with Gasteiger partial charge in [-0.15, -0.1) is 0 Å². The van der Waals surface area contributed by atoms with Gasteiger partial charge in [0.25, 0.3) is 0 Å². The highest BCUT2D eigenvalue weighted by atomic mass is 15.3. The number of nitrogens with zero attached hydrogens (tertiary/aromatic N) is 5. The van der Waals surface area contributed by atoms with Crippen molar-refractivity contribution in [3.05, 3.63) is 67.1 Å². The van der Waals surface area contributed by atoms with Crippen LogP contribution in [0.5, 0.6) is 0 Å². The largest absolute Gasteiger partial charge is 0.350 e. The molecule has 0 radical (unpaired) electrons. The van der Waals surface area contributed by atoms with E-state index in [0.29, 0.717) is 17.9 Å². The van der Waals surface area contributed by atoms with Gasteiger partial charge in [-0.25, -0.2) is 15.0 Å².